The number of hydrogen-bond donors (Lipinski definition) is 0. The Kier molecular flexibility index (Phi) is 7.10. The molecule has 1 aromatic carbocycles. The zero-order valence-corrected chi connectivity index (χ0v) is 18.4. The van der Waals surface area contributed by atoms with Crippen LogP contribution < -0.4 is 4.74 Å². The van der Waals surface area contributed by atoms with Gasteiger partial charge in [-0.1, -0.05) is 25.7 Å². The summed E-state index contributed by atoms with van der Waals surface area (Å²) in [6, 6.07) is 4.26. The molecular weight excluding hydrogens is 376 g/mol. The van der Waals surface area contributed by atoms with Crippen LogP contribution in [-0.4, -0.2) is 29.2 Å². The second-order valence-electron chi connectivity index (χ2n) is 8.30. The summed E-state index contributed by atoms with van der Waals surface area (Å²) in [5.41, 5.74) is 4.22. The van der Waals surface area contributed by atoms with Crippen LogP contribution in [0.5, 0.6) is 5.75 Å². The third-order valence-electron chi connectivity index (χ3n) is 5.42. The van der Waals surface area contributed by atoms with Crippen molar-refractivity contribution in [3.63, 3.8) is 0 Å². The molecule has 0 amide bonds. The van der Waals surface area contributed by atoms with E-state index >= 15 is 0 Å². The molecule has 2 heterocycles. The van der Waals surface area contributed by atoms with E-state index < -0.39 is 0 Å². The van der Waals surface area contributed by atoms with Crippen LogP contribution in [0.1, 0.15) is 74.5 Å². The number of nitrogens with zero attached hydrogens (tertiary/aromatic N) is 2. The van der Waals surface area contributed by atoms with Gasteiger partial charge >= 0.3 is 5.97 Å². The third kappa shape index (κ3) is 5.60. The fourth-order valence-electron chi connectivity index (χ4n) is 3.49. The quantitative estimate of drug-likeness (QED) is 0.401. The maximum Gasteiger partial charge on any atom is 0.305 e. The van der Waals surface area contributed by atoms with E-state index in [4.69, 9.17) is 9.47 Å². The first-order valence-electron chi connectivity index (χ1n) is 10.7. The maximum absolute atomic E-state index is 11.4. The van der Waals surface area contributed by atoms with Crippen LogP contribution in [0.25, 0.3) is 0 Å². The Balaban J connectivity index is 1.62. The molecule has 5 heteroatoms. The van der Waals surface area contributed by atoms with Gasteiger partial charge in [-0.05, 0) is 56.2 Å². The predicted molar refractivity (Wildman–Crippen MR) is 117 cm³/mol. The Morgan fingerprint density at radius 1 is 1.20 bits per heavy atom. The van der Waals surface area contributed by atoms with Crippen molar-refractivity contribution >= 4 is 5.97 Å². The first-order chi connectivity index (χ1) is 14.4. The summed E-state index contributed by atoms with van der Waals surface area (Å²) in [4.78, 5) is 20.2. The molecule has 0 radical (unpaired) electrons. The average molecular weight is 407 g/mol. The largest absolute Gasteiger partial charge is 0.493 e. The molecule has 1 aromatic heterocycles. The van der Waals surface area contributed by atoms with Gasteiger partial charge in [-0.15, -0.1) is 0 Å². The fraction of sp³-hybridized carbons (Fsp3) is 0.480. The number of rotatable bonds is 6. The Morgan fingerprint density at radius 2 is 1.97 bits per heavy atom. The highest BCUT2D eigenvalue weighted by atomic mass is 16.5. The van der Waals surface area contributed by atoms with Gasteiger partial charge in [0, 0.05) is 36.4 Å². The second-order valence-corrected chi connectivity index (χ2v) is 8.30. The summed E-state index contributed by atoms with van der Waals surface area (Å²) in [6.07, 6.45) is 7.36. The van der Waals surface area contributed by atoms with Crippen molar-refractivity contribution in [1.82, 2.24) is 9.97 Å². The molecule has 0 unspecified atom stereocenters. The van der Waals surface area contributed by atoms with Crippen molar-refractivity contribution in [3.8, 4) is 17.6 Å². The molecule has 0 N–H and O–H groups in total. The van der Waals surface area contributed by atoms with Gasteiger partial charge in [-0.25, -0.2) is 9.97 Å². The number of unbranched alkanes of at least 4 members (excludes halogenated alkanes) is 1. The van der Waals surface area contributed by atoms with Crippen LogP contribution in [0.3, 0.4) is 0 Å². The lowest BCUT2D eigenvalue weighted by Crippen LogP contribution is -2.26. The Labute approximate surface area is 179 Å². The van der Waals surface area contributed by atoms with Crippen LogP contribution in [0.15, 0.2) is 24.5 Å². The highest BCUT2D eigenvalue weighted by Crippen LogP contribution is 2.39. The highest BCUT2D eigenvalue weighted by Gasteiger charge is 2.29. The smallest absolute Gasteiger partial charge is 0.305 e. The molecule has 0 fully saturated rings. The van der Waals surface area contributed by atoms with Crippen LogP contribution in [0.2, 0.25) is 0 Å². The van der Waals surface area contributed by atoms with Crippen molar-refractivity contribution < 1.29 is 14.3 Å². The molecule has 3 rings (SSSR count). The summed E-state index contributed by atoms with van der Waals surface area (Å²) < 4.78 is 10.8. The van der Waals surface area contributed by atoms with Crippen molar-refractivity contribution in [2.45, 2.75) is 65.2 Å². The standard InChI is InChI=1S/C25H30N2O3/c1-5-29-24(28)9-7-6-8-23-26-16-19(17-27-23)10-11-20-15-21-22(14-18(20)2)30-13-12-25(21,3)4/h14-17H,5-9,12-13H2,1-4H3. The number of ether oxygens (including phenoxy) is 2. The molecule has 30 heavy (non-hydrogen) atoms. The first-order valence-corrected chi connectivity index (χ1v) is 10.7. The Bertz CT molecular complexity index is 953. The zero-order valence-electron chi connectivity index (χ0n) is 18.4. The van der Waals surface area contributed by atoms with Gasteiger partial charge in [0.2, 0.25) is 0 Å². The summed E-state index contributed by atoms with van der Waals surface area (Å²) in [5.74, 6) is 8.06. The monoisotopic (exact) mass is 406 g/mol. The van der Waals surface area contributed by atoms with E-state index in [0.717, 1.165) is 60.6 Å². The average Bonchev–Trinajstić information content (AvgIpc) is 2.71. The number of aryl methyl sites for hydroxylation is 2. The van der Waals surface area contributed by atoms with Crippen LogP contribution in [0.4, 0.5) is 0 Å². The molecule has 0 saturated carbocycles. The molecule has 0 aliphatic carbocycles. The van der Waals surface area contributed by atoms with E-state index in [-0.39, 0.29) is 11.4 Å². The topological polar surface area (TPSA) is 61.3 Å². The highest BCUT2D eigenvalue weighted by molar-refractivity contribution is 5.69. The minimum Gasteiger partial charge on any atom is -0.493 e. The molecule has 0 spiro atoms. The molecule has 0 saturated heterocycles. The van der Waals surface area contributed by atoms with Crippen molar-refractivity contribution in [2.75, 3.05) is 13.2 Å². The van der Waals surface area contributed by atoms with Crippen LogP contribution in [0, 0.1) is 18.8 Å². The Hall–Kier alpha value is -2.87. The van der Waals surface area contributed by atoms with Gasteiger partial charge in [0.15, 0.2) is 0 Å². The van der Waals surface area contributed by atoms with Crippen molar-refractivity contribution in [2.24, 2.45) is 0 Å². The van der Waals surface area contributed by atoms with Gasteiger partial charge in [-0.2, -0.15) is 0 Å². The van der Waals surface area contributed by atoms with Gasteiger partial charge in [0.05, 0.1) is 18.8 Å². The number of benzene rings is 1. The van der Waals surface area contributed by atoms with Crippen molar-refractivity contribution in [1.29, 1.82) is 0 Å². The molecule has 5 nitrogen and oxygen atoms in total. The van der Waals surface area contributed by atoms with Gasteiger partial charge in [0.25, 0.3) is 0 Å². The molecule has 2 aromatic rings. The zero-order chi connectivity index (χ0) is 21.6. The summed E-state index contributed by atoms with van der Waals surface area (Å²) in [6.45, 7) is 9.57. The van der Waals surface area contributed by atoms with Crippen LogP contribution in [-0.2, 0) is 21.4 Å². The summed E-state index contributed by atoms with van der Waals surface area (Å²) in [5, 5.41) is 0. The first kappa shape index (κ1) is 21.8. The molecule has 1 aliphatic heterocycles. The van der Waals surface area contributed by atoms with Gasteiger partial charge < -0.3 is 9.47 Å². The summed E-state index contributed by atoms with van der Waals surface area (Å²) in [7, 11) is 0. The van der Waals surface area contributed by atoms with E-state index in [2.05, 4.69) is 54.7 Å². The van der Waals surface area contributed by atoms with Crippen molar-refractivity contribution in [3.05, 3.63) is 52.6 Å². The van der Waals surface area contributed by atoms with Crippen LogP contribution >= 0.6 is 0 Å². The summed E-state index contributed by atoms with van der Waals surface area (Å²) >= 11 is 0. The SMILES string of the molecule is CCOC(=O)CCCCc1ncc(C#Cc2cc3c(cc2C)OCCC3(C)C)cn1. The molecular formula is C25H30N2O3. The number of carbonyl (C=O) groups is 1. The predicted octanol–water partition coefficient (Wildman–Crippen LogP) is 4.52. The van der Waals surface area contributed by atoms with Gasteiger partial charge in [0.1, 0.15) is 11.6 Å². The number of hydrogen-bond acceptors (Lipinski definition) is 5. The third-order valence-corrected chi connectivity index (χ3v) is 5.42. The number of fused-ring (bicyclic) bond motifs is 1. The van der Waals surface area contributed by atoms with E-state index in [1.807, 2.05) is 6.92 Å². The van der Waals surface area contributed by atoms with Gasteiger partial charge in [-0.3, -0.25) is 4.79 Å². The van der Waals surface area contributed by atoms with E-state index in [1.54, 1.807) is 12.4 Å². The molecule has 0 bridgehead atoms. The normalized spacial score (nSPS) is 14.1. The van der Waals surface area contributed by atoms with E-state index in [0.29, 0.717) is 13.0 Å². The lowest BCUT2D eigenvalue weighted by atomic mass is 9.78. The van der Waals surface area contributed by atoms with E-state index in [9.17, 15) is 4.79 Å². The maximum atomic E-state index is 11.4. The fourth-order valence-corrected chi connectivity index (χ4v) is 3.49. The minimum atomic E-state index is -0.142. The number of aromatic nitrogens is 2. The lowest BCUT2D eigenvalue weighted by Gasteiger charge is -2.33. The molecule has 1 aliphatic rings. The molecule has 158 valence electrons. The number of carbonyl (C=O) groups excluding carboxylic acids is 1. The Morgan fingerprint density at radius 3 is 2.70 bits per heavy atom. The van der Waals surface area contributed by atoms with E-state index in [1.165, 1.54) is 5.56 Å². The number of esters is 1. The minimum absolute atomic E-state index is 0.0930. The second kappa shape index (κ2) is 9.75. The lowest BCUT2D eigenvalue weighted by molar-refractivity contribution is -0.143. The molecule has 0 atom stereocenters.